The van der Waals surface area contributed by atoms with Gasteiger partial charge in [0.2, 0.25) is 0 Å². The van der Waals surface area contributed by atoms with E-state index in [1.54, 1.807) is 54.6 Å². The Morgan fingerprint density at radius 2 is 1.86 bits per heavy atom. The molecule has 184 valence electrons. The van der Waals surface area contributed by atoms with Crippen LogP contribution in [0.1, 0.15) is 18.1 Å². The summed E-state index contributed by atoms with van der Waals surface area (Å²) in [6.07, 6.45) is 1.73. The lowest BCUT2D eigenvalue weighted by Crippen LogP contribution is -2.27. The second-order valence-electron chi connectivity index (χ2n) is 7.47. The minimum atomic E-state index is -0.450. The molecule has 1 fully saturated rings. The van der Waals surface area contributed by atoms with Crippen molar-refractivity contribution < 1.29 is 19.2 Å². The molecule has 0 aliphatic carbocycles. The summed E-state index contributed by atoms with van der Waals surface area (Å²) in [5, 5.41) is 11.7. The summed E-state index contributed by atoms with van der Waals surface area (Å²) in [6.45, 7) is 2.37. The monoisotopic (exact) mass is 560 g/mol. The number of rotatable bonds is 8. The quantitative estimate of drug-likeness (QED) is 0.124. The molecule has 1 heterocycles. The van der Waals surface area contributed by atoms with Crippen molar-refractivity contribution in [1.29, 1.82) is 0 Å². The summed E-state index contributed by atoms with van der Waals surface area (Å²) in [6, 6.07) is 16.4. The zero-order valence-electron chi connectivity index (χ0n) is 18.8. The fourth-order valence-electron chi connectivity index (χ4n) is 3.39. The second-order valence-corrected chi connectivity index (χ2v) is 9.96. The zero-order valence-corrected chi connectivity index (χ0v) is 21.9. The molecule has 7 nitrogen and oxygen atoms in total. The van der Waals surface area contributed by atoms with Crippen molar-refractivity contribution >= 4 is 74.9 Å². The van der Waals surface area contributed by atoms with Crippen molar-refractivity contribution in [3.8, 4) is 11.5 Å². The number of anilines is 1. The maximum atomic E-state index is 13.1. The molecule has 1 amide bonds. The van der Waals surface area contributed by atoms with Crippen LogP contribution in [0.5, 0.6) is 11.5 Å². The van der Waals surface area contributed by atoms with Crippen LogP contribution in [-0.4, -0.2) is 21.8 Å². The highest BCUT2D eigenvalue weighted by atomic mass is 35.5. The van der Waals surface area contributed by atoms with E-state index in [4.69, 9.17) is 44.9 Å². The van der Waals surface area contributed by atoms with Crippen molar-refractivity contribution in [2.75, 3.05) is 11.5 Å². The number of amides is 1. The average molecular weight is 561 g/mol. The number of hydrogen-bond acceptors (Lipinski definition) is 7. The molecule has 0 unspecified atom stereocenters. The standard InChI is InChI=1S/C25H18Cl2N2O5S2/c1-2-33-22-11-15(6-9-21(22)34-14-16-4-3-5-18(10-16)29(31)32)12-23-24(30)28(25(35)36-23)17-7-8-19(26)20(27)13-17/h3-13H,2,14H2,1H3/b23-12-. The summed E-state index contributed by atoms with van der Waals surface area (Å²) >= 11 is 18.7. The van der Waals surface area contributed by atoms with Gasteiger partial charge in [-0.25, -0.2) is 0 Å². The SMILES string of the molecule is CCOc1cc(/C=C2\SC(=S)N(c3ccc(Cl)c(Cl)c3)C2=O)ccc1OCc1cccc([N+](=O)[O-])c1. The molecule has 36 heavy (non-hydrogen) atoms. The maximum absolute atomic E-state index is 13.1. The van der Waals surface area contributed by atoms with Crippen LogP contribution in [-0.2, 0) is 11.4 Å². The summed E-state index contributed by atoms with van der Waals surface area (Å²) in [5.74, 6) is 0.688. The molecule has 1 saturated heterocycles. The molecule has 0 aromatic heterocycles. The Hall–Kier alpha value is -3.11. The van der Waals surface area contributed by atoms with Crippen LogP contribution in [0.15, 0.2) is 65.6 Å². The minimum absolute atomic E-state index is 0.00494. The summed E-state index contributed by atoms with van der Waals surface area (Å²) in [5.41, 5.74) is 1.90. The number of nitrogens with zero attached hydrogens (tertiary/aromatic N) is 2. The molecule has 0 spiro atoms. The van der Waals surface area contributed by atoms with E-state index in [-0.39, 0.29) is 18.2 Å². The third kappa shape index (κ3) is 5.82. The first kappa shape index (κ1) is 26.0. The Labute approximate surface area is 226 Å². The third-order valence-corrected chi connectivity index (χ3v) is 7.08. The number of hydrogen-bond donors (Lipinski definition) is 0. The van der Waals surface area contributed by atoms with Crippen molar-refractivity contribution in [3.05, 3.63) is 96.9 Å². The number of carbonyl (C=O) groups is 1. The molecular formula is C25H18Cl2N2O5S2. The molecule has 11 heteroatoms. The van der Waals surface area contributed by atoms with E-state index in [0.29, 0.717) is 48.6 Å². The topological polar surface area (TPSA) is 81.9 Å². The van der Waals surface area contributed by atoms with Gasteiger partial charge in [0.1, 0.15) is 6.61 Å². The van der Waals surface area contributed by atoms with Crippen LogP contribution in [0.25, 0.3) is 6.08 Å². The van der Waals surface area contributed by atoms with Crippen LogP contribution < -0.4 is 14.4 Å². The lowest BCUT2D eigenvalue weighted by Gasteiger charge is -2.15. The van der Waals surface area contributed by atoms with Crippen LogP contribution >= 0.6 is 47.2 Å². The van der Waals surface area contributed by atoms with E-state index < -0.39 is 4.92 Å². The number of carbonyl (C=O) groups excluding carboxylic acids is 1. The van der Waals surface area contributed by atoms with Crippen LogP contribution in [0, 0.1) is 10.1 Å². The van der Waals surface area contributed by atoms with Gasteiger partial charge >= 0.3 is 0 Å². The van der Waals surface area contributed by atoms with Crippen molar-refractivity contribution in [3.63, 3.8) is 0 Å². The molecule has 1 aliphatic rings. The Morgan fingerprint density at radius 1 is 1.06 bits per heavy atom. The summed E-state index contributed by atoms with van der Waals surface area (Å²) < 4.78 is 12.0. The number of halogens is 2. The van der Waals surface area contributed by atoms with Gasteiger partial charge in [-0.15, -0.1) is 0 Å². The highest BCUT2D eigenvalue weighted by Crippen LogP contribution is 2.39. The Bertz CT molecular complexity index is 1400. The second kappa shape index (κ2) is 11.3. The van der Waals surface area contributed by atoms with Gasteiger partial charge in [-0.1, -0.05) is 65.4 Å². The zero-order chi connectivity index (χ0) is 25.8. The summed E-state index contributed by atoms with van der Waals surface area (Å²) in [7, 11) is 0. The summed E-state index contributed by atoms with van der Waals surface area (Å²) in [4.78, 5) is 25.5. The third-order valence-electron chi connectivity index (χ3n) is 5.04. The first-order valence-electron chi connectivity index (χ1n) is 10.6. The van der Waals surface area contributed by atoms with Crippen LogP contribution in [0.4, 0.5) is 11.4 Å². The lowest BCUT2D eigenvalue weighted by atomic mass is 10.1. The molecule has 1 aliphatic heterocycles. The van der Waals surface area contributed by atoms with E-state index in [0.717, 1.165) is 5.56 Å². The lowest BCUT2D eigenvalue weighted by molar-refractivity contribution is -0.384. The predicted molar refractivity (Wildman–Crippen MR) is 147 cm³/mol. The van der Waals surface area contributed by atoms with Gasteiger partial charge in [0.05, 0.1) is 32.2 Å². The number of thiocarbonyl (C=S) groups is 1. The van der Waals surface area contributed by atoms with Gasteiger partial charge < -0.3 is 9.47 Å². The molecule has 0 radical (unpaired) electrons. The number of non-ortho nitro benzene ring substituents is 1. The van der Waals surface area contributed by atoms with Gasteiger partial charge in [0.15, 0.2) is 15.8 Å². The molecule has 3 aromatic rings. The van der Waals surface area contributed by atoms with Crippen molar-refractivity contribution in [2.24, 2.45) is 0 Å². The van der Waals surface area contributed by atoms with E-state index in [2.05, 4.69) is 0 Å². The van der Waals surface area contributed by atoms with E-state index in [1.165, 1.54) is 28.8 Å². The van der Waals surface area contributed by atoms with Crippen LogP contribution in [0.2, 0.25) is 10.0 Å². The first-order chi connectivity index (χ1) is 17.3. The Kier molecular flexibility index (Phi) is 8.15. The first-order valence-corrected chi connectivity index (χ1v) is 12.6. The number of benzene rings is 3. The van der Waals surface area contributed by atoms with Gasteiger partial charge in [0, 0.05) is 12.1 Å². The molecular weight excluding hydrogens is 543 g/mol. The molecule has 3 aromatic carbocycles. The fraction of sp³-hybridized carbons (Fsp3) is 0.120. The molecule has 0 N–H and O–H groups in total. The highest BCUT2D eigenvalue weighted by Gasteiger charge is 2.33. The molecule has 0 atom stereocenters. The number of thioether (sulfide) groups is 1. The number of nitro groups is 1. The average Bonchev–Trinajstić information content (AvgIpc) is 3.13. The fourth-order valence-corrected chi connectivity index (χ4v) is 4.98. The van der Waals surface area contributed by atoms with Crippen molar-refractivity contribution in [2.45, 2.75) is 13.5 Å². The van der Waals surface area contributed by atoms with Gasteiger partial charge in [-0.05, 0) is 54.5 Å². The molecule has 4 rings (SSSR count). The van der Waals surface area contributed by atoms with Gasteiger partial charge in [0.25, 0.3) is 11.6 Å². The van der Waals surface area contributed by atoms with Gasteiger partial charge in [-0.3, -0.25) is 19.8 Å². The smallest absolute Gasteiger partial charge is 0.270 e. The van der Waals surface area contributed by atoms with Crippen LogP contribution in [0.3, 0.4) is 0 Å². The van der Waals surface area contributed by atoms with E-state index in [1.807, 2.05) is 6.92 Å². The highest BCUT2D eigenvalue weighted by molar-refractivity contribution is 8.27. The largest absolute Gasteiger partial charge is 0.490 e. The Morgan fingerprint density at radius 3 is 2.58 bits per heavy atom. The van der Waals surface area contributed by atoms with E-state index in [9.17, 15) is 14.9 Å². The predicted octanol–water partition coefficient (Wildman–Crippen LogP) is 7.29. The Balaban J connectivity index is 1.55. The molecule has 0 bridgehead atoms. The number of ether oxygens (including phenoxy) is 2. The van der Waals surface area contributed by atoms with Gasteiger partial charge in [-0.2, -0.15) is 0 Å². The minimum Gasteiger partial charge on any atom is -0.490 e. The van der Waals surface area contributed by atoms with Crippen molar-refractivity contribution in [1.82, 2.24) is 0 Å². The normalized spacial score (nSPS) is 14.4. The van der Waals surface area contributed by atoms with E-state index >= 15 is 0 Å². The maximum Gasteiger partial charge on any atom is 0.270 e. The number of nitro benzene ring substituents is 1. The molecule has 0 saturated carbocycles.